The second-order valence-corrected chi connectivity index (χ2v) is 10.6. The van der Waals surface area contributed by atoms with Gasteiger partial charge in [-0.15, -0.1) is 0 Å². The Balaban J connectivity index is 2.29. The van der Waals surface area contributed by atoms with Gasteiger partial charge in [-0.2, -0.15) is 0 Å². The molecule has 0 fully saturated rings. The van der Waals surface area contributed by atoms with E-state index in [-0.39, 0.29) is 31.7 Å². The second kappa shape index (κ2) is 8.06. The summed E-state index contributed by atoms with van der Waals surface area (Å²) < 4.78 is 34.0. The molecule has 9 heteroatoms. The van der Waals surface area contributed by atoms with Crippen LogP contribution in [0.25, 0.3) is 11.0 Å². The number of hydrogen-bond donors (Lipinski definition) is 0. The molecule has 0 aliphatic rings. The number of rotatable bonds is 7. The van der Waals surface area contributed by atoms with Crippen molar-refractivity contribution in [3.8, 4) is 0 Å². The fraction of sp³-hybridized carbons (Fsp3) is 0.588. The summed E-state index contributed by atoms with van der Waals surface area (Å²) in [5.41, 5.74) is 1.97. The van der Waals surface area contributed by atoms with Gasteiger partial charge in [-0.3, -0.25) is 0 Å². The van der Waals surface area contributed by atoms with Crippen molar-refractivity contribution in [2.24, 2.45) is 5.92 Å². The van der Waals surface area contributed by atoms with E-state index in [1.807, 2.05) is 25.8 Å². The Bertz CT molecular complexity index is 893. The third-order valence-corrected chi connectivity index (χ3v) is 7.63. The number of hydrogen-bond acceptors (Lipinski definition) is 6. The summed E-state index contributed by atoms with van der Waals surface area (Å²) in [5, 5.41) is -0.505. The van der Waals surface area contributed by atoms with E-state index in [0.717, 1.165) is 5.69 Å². The molecule has 0 unspecified atom stereocenters. The normalized spacial score (nSPS) is 12.2. The Morgan fingerprint density at radius 1 is 1.08 bits per heavy atom. The zero-order chi connectivity index (χ0) is 19.6. The quantitative estimate of drug-likeness (QED) is 0.600. The predicted octanol–water partition coefficient (Wildman–Crippen LogP) is 1.42. The molecule has 0 N–H and O–H groups in total. The average molecular weight is 445 g/mol. The van der Waals surface area contributed by atoms with Crippen LogP contribution in [0.3, 0.4) is 0 Å². The van der Waals surface area contributed by atoms with Crippen LogP contribution >= 0.6 is 0 Å². The fourth-order valence-corrected chi connectivity index (χ4v) is 5.10. The molecule has 144 valence electrons. The van der Waals surface area contributed by atoms with Gasteiger partial charge >= 0.3 is 161 Å². The third-order valence-electron chi connectivity index (χ3n) is 4.34. The maximum atomic E-state index is 12.6. The first kappa shape index (κ1) is 20.9. The standard InChI is InChI=1S/C17H26N4O3SSe/c1-11(2)17(22)21(6)10-9-20(5)13-7-8-14(25(23,24)12(3)4)16-15(13)18-26-19-16/h7-8,11-12H,9-10H2,1-6H3. The first-order chi connectivity index (χ1) is 12.1. The molecule has 0 bridgehead atoms. The maximum absolute atomic E-state index is 12.6. The Hall–Kier alpha value is -1.44. The van der Waals surface area contributed by atoms with Crippen molar-refractivity contribution in [1.82, 2.24) is 12.9 Å². The molecule has 7 nitrogen and oxygen atoms in total. The van der Waals surface area contributed by atoms with Gasteiger partial charge in [0.1, 0.15) is 0 Å². The average Bonchev–Trinajstić information content (AvgIpc) is 3.06. The van der Waals surface area contributed by atoms with E-state index in [0.29, 0.717) is 24.1 Å². The van der Waals surface area contributed by atoms with Gasteiger partial charge in [0.05, 0.1) is 0 Å². The zero-order valence-electron chi connectivity index (χ0n) is 16.1. The van der Waals surface area contributed by atoms with Gasteiger partial charge in [0.15, 0.2) is 0 Å². The Morgan fingerprint density at radius 3 is 2.27 bits per heavy atom. The van der Waals surface area contributed by atoms with E-state index in [2.05, 4.69) is 7.96 Å². The molecule has 2 aromatic rings. The van der Waals surface area contributed by atoms with Crippen molar-refractivity contribution in [1.29, 1.82) is 0 Å². The first-order valence-corrected chi connectivity index (χ1v) is 11.6. The summed E-state index contributed by atoms with van der Waals surface area (Å²) in [5.74, 6) is 0.0663. The molecule has 0 saturated heterocycles. The van der Waals surface area contributed by atoms with Crippen LogP contribution in [0.5, 0.6) is 0 Å². The molecule has 1 heterocycles. The number of carbonyl (C=O) groups excluding carboxylic acids is 1. The second-order valence-electron chi connectivity index (χ2n) is 6.97. The van der Waals surface area contributed by atoms with Crippen LogP contribution in [0.15, 0.2) is 17.0 Å². The number of benzene rings is 1. The number of likely N-dealkylation sites (N-methyl/N-ethyl adjacent to an activating group) is 2. The van der Waals surface area contributed by atoms with Crippen LogP contribution in [0.1, 0.15) is 27.7 Å². The van der Waals surface area contributed by atoms with E-state index in [4.69, 9.17) is 0 Å². The Morgan fingerprint density at radius 2 is 1.69 bits per heavy atom. The van der Waals surface area contributed by atoms with Crippen molar-refractivity contribution >= 4 is 47.4 Å². The van der Waals surface area contributed by atoms with Crippen molar-refractivity contribution in [3.05, 3.63) is 12.1 Å². The SMILES string of the molecule is CC(C)C(=O)N(C)CCN(C)c1ccc(S(=O)(=O)C(C)C)c2n[se]nc12. The molecule has 0 aliphatic heterocycles. The number of aromatic nitrogens is 2. The van der Waals surface area contributed by atoms with Crippen molar-refractivity contribution in [3.63, 3.8) is 0 Å². The van der Waals surface area contributed by atoms with Gasteiger partial charge in [0, 0.05) is 0 Å². The van der Waals surface area contributed by atoms with Crippen LogP contribution in [0.2, 0.25) is 0 Å². The molecule has 2 rings (SSSR count). The molecular formula is C17H26N4O3SSe. The molecule has 0 aliphatic carbocycles. The Labute approximate surface area is 161 Å². The summed E-state index contributed by atoms with van der Waals surface area (Å²) in [7, 11) is 0.305. The molecule has 1 aromatic carbocycles. The number of fused-ring (bicyclic) bond motifs is 1. The van der Waals surface area contributed by atoms with E-state index < -0.39 is 15.1 Å². The fourth-order valence-electron chi connectivity index (χ4n) is 2.59. The number of nitrogens with zero attached hydrogens (tertiary/aromatic N) is 4. The molecule has 0 atom stereocenters. The minimum atomic E-state index is -3.41. The number of sulfone groups is 1. The number of anilines is 1. The van der Waals surface area contributed by atoms with Gasteiger partial charge in [0.2, 0.25) is 0 Å². The van der Waals surface area contributed by atoms with Crippen LogP contribution in [-0.4, -0.2) is 74.6 Å². The number of carbonyl (C=O) groups is 1. The van der Waals surface area contributed by atoms with E-state index in [9.17, 15) is 13.2 Å². The predicted molar refractivity (Wildman–Crippen MR) is 105 cm³/mol. The van der Waals surface area contributed by atoms with Crippen molar-refractivity contribution in [2.45, 2.75) is 37.8 Å². The zero-order valence-corrected chi connectivity index (χ0v) is 18.6. The van der Waals surface area contributed by atoms with Crippen LogP contribution < -0.4 is 4.90 Å². The summed E-state index contributed by atoms with van der Waals surface area (Å²) in [4.78, 5) is 16.0. The summed E-state index contributed by atoms with van der Waals surface area (Å²) >= 11 is -0.328. The first-order valence-electron chi connectivity index (χ1n) is 8.52. The molecule has 0 spiro atoms. The molecule has 1 amide bonds. The Kier molecular flexibility index (Phi) is 6.47. The van der Waals surface area contributed by atoms with Crippen LogP contribution in [0.4, 0.5) is 5.69 Å². The monoisotopic (exact) mass is 446 g/mol. The molecule has 0 saturated carbocycles. The molecule has 26 heavy (non-hydrogen) atoms. The summed E-state index contributed by atoms with van der Waals surface area (Å²) in [6, 6.07) is 3.42. The van der Waals surface area contributed by atoms with Gasteiger partial charge < -0.3 is 0 Å². The number of amides is 1. The molecular weight excluding hydrogens is 419 g/mol. The van der Waals surface area contributed by atoms with Gasteiger partial charge in [0.25, 0.3) is 0 Å². The minimum absolute atomic E-state index is 0.0356. The van der Waals surface area contributed by atoms with Gasteiger partial charge in [-0.1, -0.05) is 0 Å². The summed E-state index contributed by atoms with van der Waals surface area (Å²) in [6.07, 6.45) is 0. The van der Waals surface area contributed by atoms with Crippen molar-refractivity contribution in [2.75, 3.05) is 32.1 Å². The van der Waals surface area contributed by atoms with E-state index in [1.54, 1.807) is 37.9 Å². The van der Waals surface area contributed by atoms with Gasteiger partial charge in [-0.05, 0) is 0 Å². The van der Waals surface area contributed by atoms with E-state index >= 15 is 0 Å². The molecule has 0 radical (unpaired) electrons. The van der Waals surface area contributed by atoms with E-state index in [1.165, 1.54) is 0 Å². The third kappa shape index (κ3) is 4.10. The topological polar surface area (TPSA) is 83.5 Å². The van der Waals surface area contributed by atoms with Crippen LogP contribution in [0, 0.1) is 5.92 Å². The van der Waals surface area contributed by atoms with Crippen LogP contribution in [-0.2, 0) is 14.6 Å². The molecule has 1 aromatic heterocycles. The van der Waals surface area contributed by atoms with Crippen molar-refractivity contribution < 1.29 is 13.2 Å². The summed E-state index contributed by atoms with van der Waals surface area (Å²) in [6.45, 7) is 8.30. The van der Waals surface area contributed by atoms with Gasteiger partial charge in [-0.25, -0.2) is 0 Å².